The van der Waals surface area contributed by atoms with E-state index in [1.165, 1.54) is 30.3 Å². The number of hydrogen-bond donors (Lipinski definition) is 1. The average Bonchev–Trinajstić information content (AvgIpc) is 2.56. The van der Waals surface area contributed by atoms with Crippen LogP contribution in [0.5, 0.6) is 5.75 Å². The first kappa shape index (κ1) is 18.7. The summed E-state index contributed by atoms with van der Waals surface area (Å²) in [7, 11) is 0. The molecule has 0 aromatic heterocycles. The van der Waals surface area contributed by atoms with Gasteiger partial charge in [0.2, 0.25) is 0 Å². The van der Waals surface area contributed by atoms with Gasteiger partial charge in [-0.05, 0) is 77.8 Å². The van der Waals surface area contributed by atoms with Crippen molar-refractivity contribution in [2.24, 2.45) is 0 Å². The molecule has 0 aliphatic heterocycles. The highest BCUT2D eigenvalue weighted by Gasteiger charge is 2.11. The molecule has 128 valence electrons. The fraction of sp³-hybridized carbons (Fsp3) is 0.158. The molecule has 6 heteroatoms. The van der Waals surface area contributed by atoms with Crippen molar-refractivity contribution in [3.63, 3.8) is 0 Å². The van der Waals surface area contributed by atoms with E-state index in [2.05, 4.69) is 21.2 Å². The first-order valence-electron chi connectivity index (χ1n) is 7.54. The number of nitrogens with zero attached hydrogens (tertiary/aromatic N) is 1. The number of carbonyl (C=O) groups is 1. The number of anilines is 1. The number of rotatable bonds is 5. The smallest absolute Gasteiger partial charge is 0.266 e. The van der Waals surface area contributed by atoms with E-state index in [-0.39, 0.29) is 11.7 Å². The van der Waals surface area contributed by atoms with Crippen LogP contribution < -0.4 is 10.1 Å². The Morgan fingerprint density at radius 3 is 2.52 bits per heavy atom. The number of hydrogen-bond acceptors (Lipinski definition) is 3. The molecule has 25 heavy (non-hydrogen) atoms. The SMILES string of the molecule is CC(C)Oc1ccc(/C=C(\C#N)C(=O)Nc2ccc(F)cc2)cc1Br. The van der Waals surface area contributed by atoms with Crippen LogP contribution in [0, 0.1) is 17.1 Å². The molecule has 0 saturated carbocycles. The maximum Gasteiger partial charge on any atom is 0.266 e. The van der Waals surface area contributed by atoms with Crippen molar-refractivity contribution in [1.82, 2.24) is 0 Å². The fourth-order valence-corrected chi connectivity index (χ4v) is 2.49. The highest BCUT2D eigenvalue weighted by molar-refractivity contribution is 9.10. The number of benzene rings is 2. The van der Waals surface area contributed by atoms with E-state index >= 15 is 0 Å². The van der Waals surface area contributed by atoms with Crippen LogP contribution in [0.2, 0.25) is 0 Å². The van der Waals surface area contributed by atoms with E-state index in [0.29, 0.717) is 17.0 Å². The van der Waals surface area contributed by atoms with Crippen LogP contribution in [0.1, 0.15) is 19.4 Å². The monoisotopic (exact) mass is 402 g/mol. The zero-order valence-electron chi connectivity index (χ0n) is 13.7. The maximum atomic E-state index is 12.9. The summed E-state index contributed by atoms with van der Waals surface area (Å²) in [5.74, 6) is -0.281. The summed E-state index contributed by atoms with van der Waals surface area (Å²) in [6, 6.07) is 12.5. The van der Waals surface area contributed by atoms with E-state index in [9.17, 15) is 14.4 Å². The minimum atomic E-state index is -0.562. The largest absolute Gasteiger partial charge is 0.490 e. The van der Waals surface area contributed by atoms with Crippen LogP contribution in [0.3, 0.4) is 0 Å². The third-order valence-corrected chi connectivity index (χ3v) is 3.72. The van der Waals surface area contributed by atoms with E-state index in [1.54, 1.807) is 18.2 Å². The van der Waals surface area contributed by atoms with Crippen molar-refractivity contribution in [3.05, 3.63) is 63.9 Å². The highest BCUT2D eigenvalue weighted by atomic mass is 79.9. The normalized spacial score (nSPS) is 11.1. The predicted octanol–water partition coefficient (Wildman–Crippen LogP) is 4.92. The lowest BCUT2D eigenvalue weighted by Gasteiger charge is -2.11. The molecule has 2 aromatic rings. The predicted molar refractivity (Wildman–Crippen MR) is 98.5 cm³/mol. The lowest BCUT2D eigenvalue weighted by molar-refractivity contribution is -0.112. The van der Waals surface area contributed by atoms with Crippen molar-refractivity contribution in [2.75, 3.05) is 5.32 Å². The van der Waals surface area contributed by atoms with Gasteiger partial charge in [0, 0.05) is 5.69 Å². The summed E-state index contributed by atoms with van der Waals surface area (Å²) in [6.45, 7) is 3.85. The van der Waals surface area contributed by atoms with Crippen LogP contribution >= 0.6 is 15.9 Å². The molecule has 2 aromatic carbocycles. The van der Waals surface area contributed by atoms with Gasteiger partial charge in [-0.15, -0.1) is 0 Å². The number of halogens is 2. The molecule has 1 N–H and O–H groups in total. The number of nitrogens with one attached hydrogen (secondary N) is 1. The Labute approximate surface area is 154 Å². The molecule has 4 nitrogen and oxygen atoms in total. The lowest BCUT2D eigenvalue weighted by atomic mass is 10.1. The summed E-state index contributed by atoms with van der Waals surface area (Å²) < 4.78 is 19.2. The van der Waals surface area contributed by atoms with Gasteiger partial charge in [0.15, 0.2) is 0 Å². The summed E-state index contributed by atoms with van der Waals surface area (Å²) in [4.78, 5) is 12.2. The second kappa shape index (κ2) is 8.45. The molecule has 0 aliphatic carbocycles. The number of carbonyl (C=O) groups excluding carboxylic acids is 1. The van der Waals surface area contributed by atoms with Gasteiger partial charge >= 0.3 is 0 Å². The summed E-state index contributed by atoms with van der Waals surface area (Å²) in [5, 5.41) is 11.8. The molecule has 0 saturated heterocycles. The van der Waals surface area contributed by atoms with Gasteiger partial charge in [-0.2, -0.15) is 5.26 Å². The molecule has 1 amide bonds. The Morgan fingerprint density at radius 1 is 1.28 bits per heavy atom. The van der Waals surface area contributed by atoms with Gasteiger partial charge in [-0.25, -0.2) is 4.39 Å². The molecular weight excluding hydrogens is 387 g/mol. The number of nitriles is 1. The minimum Gasteiger partial charge on any atom is -0.490 e. The standard InChI is InChI=1S/C19H16BrFN2O2/c1-12(2)25-18-8-3-13(10-17(18)20)9-14(11-22)19(24)23-16-6-4-15(21)5-7-16/h3-10,12H,1-2H3,(H,23,24)/b14-9+. The third kappa shape index (κ3) is 5.44. The van der Waals surface area contributed by atoms with Crippen LogP contribution in [0.4, 0.5) is 10.1 Å². The second-order valence-corrected chi connectivity index (χ2v) is 6.34. The fourth-order valence-electron chi connectivity index (χ4n) is 2.00. The maximum absolute atomic E-state index is 12.9. The molecule has 0 heterocycles. The van der Waals surface area contributed by atoms with E-state index < -0.39 is 11.7 Å². The van der Waals surface area contributed by atoms with Crippen molar-refractivity contribution >= 4 is 33.6 Å². The zero-order chi connectivity index (χ0) is 18.4. The molecule has 0 bridgehead atoms. The summed E-state index contributed by atoms with van der Waals surface area (Å²) in [5.41, 5.74) is 1.02. The van der Waals surface area contributed by atoms with Gasteiger partial charge < -0.3 is 10.1 Å². The van der Waals surface area contributed by atoms with Crippen LogP contribution in [0.25, 0.3) is 6.08 Å². The summed E-state index contributed by atoms with van der Waals surface area (Å²) in [6.07, 6.45) is 1.51. The minimum absolute atomic E-state index is 0.0360. The first-order chi connectivity index (χ1) is 11.9. The van der Waals surface area contributed by atoms with Crippen LogP contribution in [0.15, 0.2) is 52.5 Å². The summed E-state index contributed by atoms with van der Waals surface area (Å²) >= 11 is 3.41. The van der Waals surface area contributed by atoms with E-state index in [1.807, 2.05) is 19.9 Å². The zero-order valence-corrected chi connectivity index (χ0v) is 15.3. The van der Waals surface area contributed by atoms with Gasteiger partial charge in [0.1, 0.15) is 23.2 Å². The van der Waals surface area contributed by atoms with Gasteiger partial charge in [-0.1, -0.05) is 6.07 Å². The van der Waals surface area contributed by atoms with Crippen LogP contribution in [-0.2, 0) is 4.79 Å². The van der Waals surface area contributed by atoms with E-state index in [4.69, 9.17) is 4.74 Å². The Morgan fingerprint density at radius 2 is 1.96 bits per heavy atom. The van der Waals surface area contributed by atoms with Crippen molar-refractivity contribution in [2.45, 2.75) is 20.0 Å². The second-order valence-electron chi connectivity index (χ2n) is 5.49. The van der Waals surface area contributed by atoms with Crippen molar-refractivity contribution < 1.29 is 13.9 Å². The molecule has 0 atom stereocenters. The highest BCUT2D eigenvalue weighted by Crippen LogP contribution is 2.28. The molecular formula is C19H16BrFN2O2. The Hall–Kier alpha value is -2.65. The Kier molecular flexibility index (Phi) is 6.31. The average molecular weight is 403 g/mol. The lowest BCUT2D eigenvalue weighted by Crippen LogP contribution is -2.13. The van der Waals surface area contributed by atoms with Gasteiger partial charge in [0.05, 0.1) is 10.6 Å². The van der Waals surface area contributed by atoms with Gasteiger partial charge in [-0.3, -0.25) is 4.79 Å². The van der Waals surface area contributed by atoms with Gasteiger partial charge in [0.25, 0.3) is 5.91 Å². The molecule has 0 spiro atoms. The molecule has 0 unspecified atom stereocenters. The Bertz CT molecular complexity index is 839. The topological polar surface area (TPSA) is 62.1 Å². The molecule has 0 fully saturated rings. The first-order valence-corrected chi connectivity index (χ1v) is 8.33. The molecule has 0 radical (unpaired) electrons. The third-order valence-electron chi connectivity index (χ3n) is 3.10. The number of amides is 1. The van der Waals surface area contributed by atoms with E-state index in [0.717, 1.165) is 4.47 Å². The quantitative estimate of drug-likeness (QED) is 0.570. The van der Waals surface area contributed by atoms with Crippen molar-refractivity contribution in [1.29, 1.82) is 5.26 Å². The number of ether oxygens (including phenoxy) is 1. The Balaban J connectivity index is 2.19. The van der Waals surface area contributed by atoms with Crippen molar-refractivity contribution in [3.8, 4) is 11.8 Å². The molecule has 2 rings (SSSR count). The molecule has 0 aliphatic rings. The van der Waals surface area contributed by atoms with Crippen LogP contribution in [-0.4, -0.2) is 12.0 Å².